The number of nitrogens with zero attached hydrogens (tertiary/aromatic N) is 2. The number of hydrogen-bond donors (Lipinski definition) is 1. The van der Waals surface area contributed by atoms with Gasteiger partial charge in [0.05, 0.1) is 34.0 Å². The largest absolute Gasteiger partial charge is 0.454 e. The Hall–Kier alpha value is -3.09. The molecule has 3 aromatic rings. The number of morpholine rings is 1. The summed E-state index contributed by atoms with van der Waals surface area (Å²) in [6.45, 7) is 1.92. The zero-order chi connectivity index (χ0) is 22.3. The van der Waals surface area contributed by atoms with Crippen LogP contribution in [0.3, 0.4) is 0 Å². The normalized spacial score (nSPS) is 15.8. The highest BCUT2D eigenvalue weighted by molar-refractivity contribution is 7.92. The summed E-state index contributed by atoms with van der Waals surface area (Å²) in [6.07, 6.45) is 0. The number of ether oxygens (including phenoxy) is 3. The molecule has 0 spiro atoms. The number of carbonyl (C=O) groups excluding carboxylic acids is 1. The van der Waals surface area contributed by atoms with E-state index < -0.39 is 10.0 Å². The van der Waals surface area contributed by atoms with Crippen LogP contribution in [0.1, 0.15) is 0 Å². The summed E-state index contributed by atoms with van der Waals surface area (Å²) in [7, 11) is -3.91. The fourth-order valence-electron chi connectivity index (χ4n) is 3.59. The van der Waals surface area contributed by atoms with Crippen LogP contribution in [0.2, 0.25) is 0 Å². The highest BCUT2D eigenvalue weighted by atomic mass is 32.2. The number of sulfonamides is 1. The van der Waals surface area contributed by atoms with E-state index >= 15 is 0 Å². The number of thiazole rings is 1. The Morgan fingerprint density at radius 2 is 1.84 bits per heavy atom. The van der Waals surface area contributed by atoms with Crippen LogP contribution in [0.15, 0.2) is 46.1 Å². The molecule has 1 aromatic heterocycles. The van der Waals surface area contributed by atoms with Crippen LogP contribution in [-0.2, 0) is 26.1 Å². The highest BCUT2D eigenvalue weighted by Crippen LogP contribution is 2.35. The van der Waals surface area contributed by atoms with Crippen molar-refractivity contribution in [1.29, 1.82) is 0 Å². The number of hydrogen-bond acceptors (Lipinski definition) is 8. The van der Waals surface area contributed by atoms with Gasteiger partial charge in [-0.3, -0.25) is 18.9 Å². The molecule has 0 aliphatic carbocycles. The molecule has 12 heteroatoms. The third-order valence-corrected chi connectivity index (χ3v) is 7.55. The minimum atomic E-state index is -3.91. The fourth-order valence-corrected chi connectivity index (χ4v) is 5.67. The molecule has 168 valence electrons. The minimum Gasteiger partial charge on any atom is -0.454 e. The van der Waals surface area contributed by atoms with Crippen molar-refractivity contribution in [2.24, 2.45) is 0 Å². The van der Waals surface area contributed by atoms with Gasteiger partial charge >= 0.3 is 4.87 Å². The van der Waals surface area contributed by atoms with Gasteiger partial charge in [0, 0.05) is 19.2 Å². The maximum Gasteiger partial charge on any atom is 0.308 e. The smallest absolute Gasteiger partial charge is 0.308 e. The minimum absolute atomic E-state index is 0.00979. The number of aromatic nitrogens is 1. The quantitative estimate of drug-likeness (QED) is 0.591. The van der Waals surface area contributed by atoms with Crippen LogP contribution in [0.25, 0.3) is 10.2 Å². The molecule has 2 aromatic carbocycles. The van der Waals surface area contributed by atoms with Crippen LogP contribution in [0.5, 0.6) is 11.5 Å². The van der Waals surface area contributed by atoms with E-state index in [4.69, 9.17) is 14.2 Å². The zero-order valence-electron chi connectivity index (χ0n) is 16.8. The average Bonchev–Trinajstić information content (AvgIpc) is 3.37. The summed E-state index contributed by atoms with van der Waals surface area (Å²) < 4.78 is 45.9. The first-order valence-electron chi connectivity index (χ1n) is 9.82. The first-order valence-corrected chi connectivity index (χ1v) is 12.1. The van der Waals surface area contributed by atoms with Crippen molar-refractivity contribution in [2.45, 2.75) is 11.4 Å². The zero-order valence-corrected chi connectivity index (χ0v) is 18.4. The summed E-state index contributed by atoms with van der Waals surface area (Å²) in [5, 5.41) is 0. The molecule has 1 N–H and O–H groups in total. The molecule has 3 heterocycles. The van der Waals surface area contributed by atoms with Gasteiger partial charge in [-0.25, -0.2) is 8.42 Å². The van der Waals surface area contributed by atoms with Crippen molar-refractivity contribution < 1.29 is 27.4 Å². The van der Waals surface area contributed by atoms with Gasteiger partial charge < -0.3 is 19.1 Å². The number of anilines is 1. The molecule has 10 nitrogen and oxygen atoms in total. The van der Waals surface area contributed by atoms with Gasteiger partial charge in [0.1, 0.15) is 6.54 Å². The van der Waals surface area contributed by atoms with E-state index in [9.17, 15) is 18.0 Å². The standard InChI is InChI=1S/C20H19N3O7S2/c24-19(22-5-7-28-8-6-22)11-23-15-3-2-14(10-18(15)31-20(23)25)32(26,27)21-13-1-4-16-17(9-13)30-12-29-16/h1-4,9-10,21H,5-8,11-12H2. The maximum atomic E-state index is 12.9. The van der Waals surface area contributed by atoms with E-state index in [1.54, 1.807) is 29.2 Å². The number of benzene rings is 2. The molecule has 32 heavy (non-hydrogen) atoms. The second-order valence-electron chi connectivity index (χ2n) is 7.25. The Bertz CT molecular complexity index is 1360. The predicted octanol–water partition coefficient (Wildman–Crippen LogP) is 1.45. The summed E-state index contributed by atoms with van der Waals surface area (Å²) in [6, 6.07) is 9.15. The lowest BCUT2D eigenvalue weighted by molar-refractivity contribution is -0.135. The Balaban J connectivity index is 1.39. The van der Waals surface area contributed by atoms with E-state index in [-0.39, 0.29) is 29.0 Å². The molecule has 1 saturated heterocycles. The number of rotatable bonds is 5. The monoisotopic (exact) mass is 477 g/mol. The van der Waals surface area contributed by atoms with Gasteiger partial charge in [0.15, 0.2) is 11.5 Å². The topological polar surface area (TPSA) is 116 Å². The van der Waals surface area contributed by atoms with Crippen molar-refractivity contribution >= 4 is 43.2 Å². The fraction of sp³-hybridized carbons (Fsp3) is 0.300. The Morgan fingerprint density at radius 3 is 2.66 bits per heavy atom. The van der Waals surface area contributed by atoms with Crippen molar-refractivity contribution in [3.63, 3.8) is 0 Å². The first-order chi connectivity index (χ1) is 15.4. The second kappa shape index (κ2) is 8.11. The van der Waals surface area contributed by atoms with Gasteiger partial charge in [0.25, 0.3) is 10.0 Å². The Kier molecular flexibility index (Phi) is 5.27. The molecule has 5 rings (SSSR count). The van der Waals surface area contributed by atoms with Crippen LogP contribution in [-0.4, -0.2) is 56.9 Å². The van der Waals surface area contributed by atoms with Crippen molar-refractivity contribution in [2.75, 3.05) is 37.8 Å². The number of amides is 1. The summed E-state index contributed by atoms with van der Waals surface area (Å²) in [5.74, 6) is 0.837. The lowest BCUT2D eigenvalue weighted by Crippen LogP contribution is -2.43. The van der Waals surface area contributed by atoms with Crippen LogP contribution < -0.4 is 19.1 Å². The highest BCUT2D eigenvalue weighted by Gasteiger charge is 2.22. The molecular weight excluding hydrogens is 458 g/mol. The molecule has 0 radical (unpaired) electrons. The molecule has 0 saturated carbocycles. The van der Waals surface area contributed by atoms with E-state index in [0.29, 0.717) is 53.7 Å². The van der Waals surface area contributed by atoms with Gasteiger partial charge in [-0.1, -0.05) is 11.3 Å². The lowest BCUT2D eigenvalue weighted by atomic mass is 10.3. The third kappa shape index (κ3) is 3.92. The Labute approximate surface area is 187 Å². The van der Waals surface area contributed by atoms with Crippen LogP contribution >= 0.6 is 11.3 Å². The predicted molar refractivity (Wildman–Crippen MR) is 117 cm³/mol. The molecule has 2 aliphatic rings. The van der Waals surface area contributed by atoms with Gasteiger partial charge in [0.2, 0.25) is 12.7 Å². The van der Waals surface area contributed by atoms with E-state index in [0.717, 1.165) is 11.3 Å². The van der Waals surface area contributed by atoms with Crippen molar-refractivity contribution in [3.8, 4) is 11.5 Å². The van der Waals surface area contributed by atoms with Crippen LogP contribution in [0.4, 0.5) is 5.69 Å². The summed E-state index contributed by atoms with van der Waals surface area (Å²) in [5.41, 5.74) is 0.847. The molecule has 0 atom stereocenters. The molecule has 0 unspecified atom stereocenters. The molecule has 0 bridgehead atoms. The molecular formula is C20H19N3O7S2. The SMILES string of the molecule is O=C(Cn1c(=O)sc2cc(S(=O)(=O)Nc3ccc4c(c3)OCO4)ccc21)N1CCOCC1. The maximum absolute atomic E-state index is 12.9. The van der Waals surface area contributed by atoms with Gasteiger partial charge in [-0.2, -0.15) is 0 Å². The molecule has 1 fully saturated rings. The summed E-state index contributed by atoms with van der Waals surface area (Å²) >= 11 is 0.903. The lowest BCUT2D eigenvalue weighted by Gasteiger charge is -2.26. The number of fused-ring (bicyclic) bond motifs is 2. The average molecular weight is 478 g/mol. The second-order valence-corrected chi connectivity index (χ2v) is 9.93. The van der Waals surface area contributed by atoms with E-state index in [1.165, 1.54) is 16.7 Å². The van der Waals surface area contributed by atoms with Gasteiger partial charge in [-0.15, -0.1) is 0 Å². The third-order valence-electron chi connectivity index (χ3n) is 5.23. The first kappa shape index (κ1) is 20.8. The molecule has 1 amide bonds. The van der Waals surface area contributed by atoms with Crippen molar-refractivity contribution in [1.82, 2.24) is 9.47 Å². The van der Waals surface area contributed by atoms with Gasteiger partial charge in [-0.05, 0) is 30.3 Å². The summed E-state index contributed by atoms with van der Waals surface area (Å²) in [4.78, 5) is 26.4. The van der Waals surface area contributed by atoms with Crippen LogP contribution in [0, 0.1) is 0 Å². The van der Waals surface area contributed by atoms with E-state index in [1.807, 2.05) is 0 Å². The van der Waals surface area contributed by atoms with E-state index in [2.05, 4.69) is 4.72 Å². The number of nitrogens with one attached hydrogen (secondary N) is 1. The van der Waals surface area contributed by atoms with Crippen molar-refractivity contribution in [3.05, 3.63) is 46.1 Å². The molecule has 2 aliphatic heterocycles. The Morgan fingerprint density at radius 1 is 1.06 bits per heavy atom. The number of carbonyl (C=O) groups is 1.